The van der Waals surface area contributed by atoms with E-state index in [4.69, 9.17) is 18.9 Å². The molecule has 0 saturated heterocycles. The first-order chi connectivity index (χ1) is 16.5. The first-order valence-electron chi connectivity index (χ1n) is 10.6. The third-order valence-electron chi connectivity index (χ3n) is 6.12. The van der Waals surface area contributed by atoms with Crippen LogP contribution < -0.4 is 24.3 Å². The molecule has 1 aromatic heterocycles. The highest BCUT2D eigenvalue weighted by molar-refractivity contribution is 6.11. The molecule has 9 nitrogen and oxygen atoms in total. The molecule has 0 amide bonds. The van der Waals surface area contributed by atoms with Gasteiger partial charge in [0.05, 0.1) is 37.2 Å². The van der Waals surface area contributed by atoms with Crippen molar-refractivity contribution in [1.82, 2.24) is 10.3 Å². The maximum Gasteiger partial charge on any atom is 0.317 e. The van der Waals surface area contributed by atoms with E-state index in [9.17, 15) is 10.1 Å². The van der Waals surface area contributed by atoms with Crippen molar-refractivity contribution in [3.63, 3.8) is 0 Å². The monoisotopic (exact) mass is 461 g/mol. The van der Waals surface area contributed by atoms with Gasteiger partial charge in [-0.3, -0.25) is 10.1 Å². The third-order valence-corrected chi connectivity index (χ3v) is 6.12. The lowest BCUT2D eigenvalue weighted by Crippen LogP contribution is -2.28. The Hall–Kier alpha value is -4.40. The number of nitro groups is 1. The van der Waals surface area contributed by atoms with Gasteiger partial charge < -0.3 is 29.2 Å². The number of rotatable bonds is 6. The minimum atomic E-state index is -0.757. The molecule has 4 aromatic rings. The molecule has 9 heteroatoms. The molecule has 1 aliphatic heterocycles. The van der Waals surface area contributed by atoms with Gasteiger partial charge in [0, 0.05) is 23.5 Å². The number of aromatic nitrogens is 1. The Bertz CT molecular complexity index is 1450. The lowest BCUT2D eigenvalue weighted by Gasteiger charge is -2.27. The van der Waals surface area contributed by atoms with Crippen molar-refractivity contribution >= 4 is 21.8 Å². The minimum Gasteiger partial charge on any atom is -0.493 e. The van der Waals surface area contributed by atoms with Crippen molar-refractivity contribution in [3.05, 3.63) is 81.4 Å². The molecular formula is C25H23N3O6. The fourth-order valence-corrected chi connectivity index (χ4v) is 4.67. The zero-order valence-corrected chi connectivity index (χ0v) is 19.1. The zero-order chi connectivity index (χ0) is 24.0. The van der Waals surface area contributed by atoms with Gasteiger partial charge >= 0.3 is 5.70 Å². The van der Waals surface area contributed by atoms with E-state index in [1.807, 2.05) is 36.4 Å². The molecule has 0 aliphatic carbocycles. The summed E-state index contributed by atoms with van der Waals surface area (Å²) in [6.07, 6.45) is 0. The number of H-pyrrole nitrogens is 1. The maximum atomic E-state index is 12.3. The molecule has 5 rings (SSSR count). The van der Waals surface area contributed by atoms with Crippen LogP contribution in [0, 0.1) is 10.1 Å². The van der Waals surface area contributed by atoms with Gasteiger partial charge in [-0.25, -0.2) is 0 Å². The third kappa shape index (κ3) is 3.08. The summed E-state index contributed by atoms with van der Waals surface area (Å²) >= 11 is 0. The first kappa shape index (κ1) is 21.4. The van der Waals surface area contributed by atoms with Crippen LogP contribution in [0.3, 0.4) is 0 Å². The summed E-state index contributed by atoms with van der Waals surface area (Å²) in [5.74, 6) is 1.11. The van der Waals surface area contributed by atoms with Crippen molar-refractivity contribution in [3.8, 4) is 23.0 Å². The van der Waals surface area contributed by atoms with Gasteiger partial charge in [-0.05, 0) is 29.8 Å². The Morgan fingerprint density at radius 2 is 1.71 bits per heavy atom. The van der Waals surface area contributed by atoms with Gasteiger partial charge in [0.25, 0.3) is 5.88 Å². The van der Waals surface area contributed by atoms with Gasteiger partial charge in [-0.1, -0.05) is 24.3 Å². The molecule has 1 unspecified atom stereocenters. The minimum absolute atomic E-state index is 0.0778. The van der Waals surface area contributed by atoms with Crippen LogP contribution in [-0.2, 0) is 0 Å². The predicted octanol–water partition coefficient (Wildman–Crippen LogP) is 4.54. The lowest BCUT2D eigenvalue weighted by molar-refractivity contribution is -0.432. The number of methoxy groups -OCH3 is 3. The van der Waals surface area contributed by atoms with Crippen LogP contribution in [0.5, 0.6) is 23.0 Å². The van der Waals surface area contributed by atoms with E-state index in [2.05, 4.69) is 10.3 Å². The number of fused-ring (bicyclic) bond motifs is 5. The molecular weight excluding hydrogens is 438 g/mol. The van der Waals surface area contributed by atoms with Crippen LogP contribution in [0.2, 0.25) is 0 Å². The molecule has 0 saturated carbocycles. The highest BCUT2D eigenvalue weighted by atomic mass is 16.6. The van der Waals surface area contributed by atoms with Gasteiger partial charge in [-0.2, -0.15) is 0 Å². The Labute approximate surface area is 195 Å². The van der Waals surface area contributed by atoms with Crippen LogP contribution in [0.4, 0.5) is 0 Å². The molecule has 34 heavy (non-hydrogen) atoms. The average Bonchev–Trinajstić information content (AvgIpc) is 3.25. The average molecular weight is 461 g/mol. The Kier molecular flexibility index (Phi) is 5.16. The number of hydrogen-bond donors (Lipinski definition) is 2. The summed E-state index contributed by atoms with van der Waals surface area (Å²) < 4.78 is 22.6. The molecule has 2 N–H and O–H groups in total. The Balaban J connectivity index is 1.85. The summed E-state index contributed by atoms with van der Waals surface area (Å²) in [5.41, 5.74) is 3.00. The largest absolute Gasteiger partial charge is 0.493 e. The van der Waals surface area contributed by atoms with E-state index >= 15 is 0 Å². The standard InChI is InChI=1S/C25H23N3O6/c1-26-25-22(28(29)30)20(13-11-18(31-2)24(33-4)19(12-13)32-3)15-9-10-17-21(23(15)34-25)14-7-5-6-8-16(14)27-17/h5-12,20,26-27H,1-4H3. The van der Waals surface area contributed by atoms with Gasteiger partial charge in [0.2, 0.25) is 5.75 Å². The molecule has 0 bridgehead atoms. The molecule has 0 radical (unpaired) electrons. The quantitative estimate of drug-likeness (QED) is 0.321. The predicted molar refractivity (Wildman–Crippen MR) is 127 cm³/mol. The Morgan fingerprint density at radius 1 is 1.00 bits per heavy atom. The molecule has 2 heterocycles. The van der Waals surface area contributed by atoms with Crippen molar-refractivity contribution in [2.45, 2.75) is 5.92 Å². The fraction of sp³-hybridized carbons (Fsp3) is 0.200. The van der Waals surface area contributed by atoms with E-state index in [1.165, 1.54) is 21.3 Å². The molecule has 0 fully saturated rings. The number of ether oxygens (including phenoxy) is 4. The molecule has 0 spiro atoms. The van der Waals surface area contributed by atoms with Crippen LogP contribution in [-0.4, -0.2) is 38.3 Å². The number of para-hydroxylation sites is 1. The second kappa shape index (κ2) is 8.18. The summed E-state index contributed by atoms with van der Waals surface area (Å²) in [4.78, 5) is 15.3. The van der Waals surface area contributed by atoms with Crippen molar-refractivity contribution in [1.29, 1.82) is 0 Å². The van der Waals surface area contributed by atoms with Crippen molar-refractivity contribution in [2.24, 2.45) is 0 Å². The van der Waals surface area contributed by atoms with Crippen molar-refractivity contribution < 1.29 is 23.9 Å². The number of nitrogens with zero attached hydrogens (tertiary/aromatic N) is 1. The van der Waals surface area contributed by atoms with E-state index in [1.54, 1.807) is 19.2 Å². The van der Waals surface area contributed by atoms with Gasteiger partial charge in [0.15, 0.2) is 11.5 Å². The second-order valence-corrected chi connectivity index (χ2v) is 7.79. The van der Waals surface area contributed by atoms with Gasteiger partial charge in [0.1, 0.15) is 11.7 Å². The Morgan fingerprint density at radius 3 is 2.32 bits per heavy atom. The van der Waals surface area contributed by atoms with E-state index in [0.29, 0.717) is 34.1 Å². The molecule has 1 atom stereocenters. The van der Waals surface area contributed by atoms with Crippen molar-refractivity contribution in [2.75, 3.05) is 28.4 Å². The molecule has 3 aromatic carbocycles. The van der Waals surface area contributed by atoms with E-state index in [0.717, 1.165) is 21.8 Å². The van der Waals surface area contributed by atoms with Crippen LogP contribution in [0.25, 0.3) is 21.8 Å². The second-order valence-electron chi connectivity index (χ2n) is 7.79. The highest BCUT2D eigenvalue weighted by Gasteiger charge is 2.41. The number of aromatic amines is 1. The number of hydrogen-bond acceptors (Lipinski definition) is 7. The molecule has 174 valence electrons. The van der Waals surface area contributed by atoms with E-state index in [-0.39, 0.29) is 11.6 Å². The fourth-order valence-electron chi connectivity index (χ4n) is 4.67. The maximum absolute atomic E-state index is 12.3. The lowest BCUT2D eigenvalue weighted by atomic mass is 9.85. The normalized spacial score (nSPS) is 15.1. The highest BCUT2D eigenvalue weighted by Crippen LogP contribution is 2.50. The summed E-state index contributed by atoms with van der Waals surface area (Å²) in [7, 11) is 6.14. The van der Waals surface area contributed by atoms with Crippen LogP contribution in [0.15, 0.2) is 60.1 Å². The zero-order valence-electron chi connectivity index (χ0n) is 19.1. The van der Waals surface area contributed by atoms with E-state index < -0.39 is 10.8 Å². The smallest absolute Gasteiger partial charge is 0.317 e. The van der Waals surface area contributed by atoms with Gasteiger partial charge in [-0.15, -0.1) is 0 Å². The SMILES string of the molecule is CNC1=C([N+](=O)[O-])C(c2cc(OC)c(OC)c(OC)c2)c2ccc3[nH]c4ccccc4c3c2O1. The molecule has 1 aliphatic rings. The van der Waals surface area contributed by atoms with Crippen LogP contribution >= 0.6 is 0 Å². The summed E-state index contributed by atoms with van der Waals surface area (Å²) in [5, 5.41) is 17.0. The number of nitrogens with one attached hydrogen (secondary N) is 2. The van der Waals surface area contributed by atoms with Crippen LogP contribution in [0.1, 0.15) is 17.0 Å². The number of allylic oxidation sites excluding steroid dienone is 1. The topological polar surface area (TPSA) is 108 Å². The number of benzene rings is 3. The first-order valence-corrected chi connectivity index (χ1v) is 10.6. The summed E-state index contributed by atoms with van der Waals surface area (Å²) in [6, 6.07) is 15.1. The summed E-state index contributed by atoms with van der Waals surface area (Å²) in [6.45, 7) is 0.